The zero-order valence-corrected chi connectivity index (χ0v) is 17.3. The van der Waals surface area contributed by atoms with Crippen LogP contribution in [-0.2, 0) is 6.18 Å². The van der Waals surface area contributed by atoms with Crippen molar-refractivity contribution in [1.29, 1.82) is 0 Å². The van der Waals surface area contributed by atoms with Gasteiger partial charge in [0.05, 0.1) is 17.7 Å². The molecule has 0 aromatic carbocycles. The molecule has 1 aliphatic rings. The number of nitrogens with zero attached hydrogens (tertiary/aromatic N) is 5. The van der Waals surface area contributed by atoms with E-state index >= 15 is 0 Å². The minimum Gasteiger partial charge on any atom is -0.471 e. The van der Waals surface area contributed by atoms with Crippen molar-refractivity contribution in [2.75, 3.05) is 13.1 Å². The van der Waals surface area contributed by atoms with Gasteiger partial charge in [-0.25, -0.2) is 15.0 Å². The Morgan fingerprint density at radius 1 is 1.12 bits per heavy atom. The summed E-state index contributed by atoms with van der Waals surface area (Å²) in [6.07, 6.45) is 1.56. The maximum Gasteiger partial charge on any atom is 0.417 e. The van der Waals surface area contributed by atoms with Crippen LogP contribution in [0.1, 0.15) is 28.9 Å². The molecule has 3 aromatic heterocycles. The number of carbonyl (C=O) groups excluding carboxylic acids is 1. The normalized spacial score (nSPS) is 16.6. The first-order chi connectivity index (χ1) is 15.3. The Labute approximate surface area is 186 Å². The largest absolute Gasteiger partial charge is 0.471 e. The molecule has 0 N–H and O–H groups in total. The topological polar surface area (TPSA) is 81.1 Å². The second-order valence-corrected chi connectivity index (χ2v) is 7.52. The maximum absolute atomic E-state index is 13.2. The fraction of sp³-hybridized carbons (Fsp3) is 0.286. The maximum atomic E-state index is 13.2. The molecular weight excluding hydrogens is 447 g/mol. The third kappa shape index (κ3) is 4.80. The first kappa shape index (κ1) is 21.9. The summed E-state index contributed by atoms with van der Waals surface area (Å²) < 4.78 is 44.2. The van der Waals surface area contributed by atoms with Crippen LogP contribution in [0.3, 0.4) is 0 Å². The van der Waals surface area contributed by atoms with Crippen LogP contribution in [0.5, 0.6) is 5.88 Å². The molecule has 4 rings (SSSR count). The highest BCUT2D eigenvalue weighted by molar-refractivity contribution is 6.31. The molecule has 0 unspecified atom stereocenters. The van der Waals surface area contributed by atoms with E-state index in [1.54, 1.807) is 35.5 Å². The van der Waals surface area contributed by atoms with E-state index in [2.05, 4.69) is 19.9 Å². The third-order valence-corrected chi connectivity index (χ3v) is 5.17. The minimum absolute atomic E-state index is 0.102. The average Bonchev–Trinajstić information content (AvgIpc) is 2.80. The summed E-state index contributed by atoms with van der Waals surface area (Å²) in [6.45, 7) is 0.696. The molecule has 32 heavy (non-hydrogen) atoms. The van der Waals surface area contributed by atoms with Crippen molar-refractivity contribution in [3.63, 3.8) is 0 Å². The molecule has 1 saturated heterocycles. The summed E-state index contributed by atoms with van der Waals surface area (Å²) in [6, 6.07) is 5.87. The number of hydrogen-bond donors (Lipinski definition) is 0. The van der Waals surface area contributed by atoms with E-state index in [9.17, 15) is 18.0 Å². The fourth-order valence-corrected chi connectivity index (χ4v) is 3.60. The van der Waals surface area contributed by atoms with Gasteiger partial charge in [-0.2, -0.15) is 13.2 Å². The zero-order valence-electron chi connectivity index (χ0n) is 16.6. The van der Waals surface area contributed by atoms with Gasteiger partial charge >= 0.3 is 6.18 Å². The molecule has 3 aromatic rings. The van der Waals surface area contributed by atoms with Crippen molar-refractivity contribution in [3.05, 3.63) is 65.3 Å². The number of ether oxygens (including phenoxy) is 1. The third-order valence-electron chi connectivity index (χ3n) is 4.90. The number of rotatable bonds is 4. The van der Waals surface area contributed by atoms with E-state index in [1.807, 2.05) is 0 Å². The lowest BCUT2D eigenvalue weighted by Crippen LogP contribution is -2.44. The van der Waals surface area contributed by atoms with Crippen LogP contribution in [0.25, 0.3) is 11.4 Å². The van der Waals surface area contributed by atoms with Gasteiger partial charge in [0.2, 0.25) is 5.88 Å². The molecule has 0 aliphatic carbocycles. The zero-order chi connectivity index (χ0) is 22.7. The summed E-state index contributed by atoms with van der Waals surface area (Å²) >= 11 is 5.95. The van der Waals surface area contributed by atoms with E-state index in [4.69, 9.17) is 16.3 Å². The highest BCUT2D eigenvalue weighted by Gasteiger charge is 2.33. The number of halogens is 4. The van der Waals surface area contributed by atoms with E-state index in [0.29, 0.717) is 37.0 Å². The molecule has 0 radical (unpaired) electrons. The van der Waals surface area contributed by atoms with Gasteiger partial charge in [0.25, 0.3) is 5.91 Å². The Hall–Kier alpha value is -3.27. The van der Waals surface area contributed by atoms with Gasteiger partial charge in [-0.1, -0.05) is 11.6 Å². The summed E-state index contributed by atoms with van der Waals surface area (Å²) in [5, 5.41) is -0.239. The molecule has 0 bridgehead atoms. The quantitative estimate of drug-likeness (QED) is 0.574. The van der Waals surface area contributed by atoms with Gasteiger partial charge in [0, 0.05) is 31.3 Å². The van der Waals surface area contributed by atoms with Gasteiger partial charge in [0.15, 0.2) is 5.82 Å². The monoisotopic (exact) mass is 463 g/mol. The van der Waals surface area contributed by atoms with Crippen LogP contribution in [0.4, 0.5) is 13.2 Å². The van der Waals surface area contributed by atoms with E-state index < -0.39 is 17.8 Å². The number of alkyl halides is 3. The first-order valence-electron chi connectivity index (χ1n) is 9.74. The first-order valence-corrected chi connectivity index (χ1v) is 10.1. The summed E-state index contributed by atoms with van der Waals surface area (Å²) in [5.74, 6) is -0.0301. The number of pyridine rings is 2. The Kier molecular flexibility index (Phi) is 6.22. The van der Waals surface area contributed by atoms with Crippen molar-refractivity contribution in [3.8, 4) is 17.3 Å². The number of amides is 1. The number of likely N-dealkylation sites (tertiary alicyclic amines) is 1. The lowest BCUT2D eigenvalue weighted by molar-refractivity contribution is -0.137. The predicted octanol–water partition coefficient (Wildman–Crippen LogP) is 4.29. The van der Waals surface area contributed by atoms with Crippen molar-refractivity contribution < 1.29 is 22.7 Å². The molecule has 11 heteroatoms. The van der Waals surface area contributed by atoms with Crippen molar-refractivity contribution in [1.82, 2.24) is 24.8 Å². The molecule has 1 amide bonds. The van der Waals surface area contributed by atoms with E-state index in [0.717, 1.165) is 6.07 Å². The fourth-order valence-electron chi connectivity index (χ4n) is 3.39. The lowest BCUT2D eigenvalue weighted by atomic mass is 10.1. The second-order valence-electron chi connectivity index (χ2n) is 7.11. The van der Waals surface area contributed by atoms with Gasteiger partial charge in [0.1, 0.15) is 16.8 Å². The highest BCUT2D eigenvalue weighted by Crippen LogP contribution is 2.34. The number of aromatic nitrogens is 4. The van der Waals surface area contributed by atoms with Crippen LogP contribution in [0.15, 0.2) is 49.1 Å². The Morgan fingerprint density at radius 2 is 1.88 bits per heavy atom. The van der Waals surface area contributed by atoms with Gasteiger partial charge in [-0.3, -0.25) is 9.78 Å². The Morgan fingerprint density at radius 3 is 2.59 bits per heavy atom. The highest BCUT2D eigenvalue weighted by atomic mass is 35.5. The SMILES string of the molecule is O=C(c1ncccc1-c1ncccn1)N1CCC[C@@H](Oc2ncc(C(F)(F)F)cc2Cl)C1. The second kappa shape index (κ2) is 9.07. The summed E-state index contributed by atoms with van der Waals surface area (Å²) in [5.41, 5.74) is -0.236. The minimum atomic E-state index is -4.55. The number of piperidine rings is 1. The van der Waals surface area contributed by atoms with Gasteiger partial charge in [-0.15, -0.1) is 0 Å². The van der Waals surface area contributed by atoms with Crippen molar-refractivity contribution in [2.45, 2.75) is 25.1 Å². The predicted molar refractivity (Wildman–Crippen MR) is 109 cm³/mol. The van der Waals surface area contributed by atoms with Gasteiger partial charge in [-0.05, 0) is 37.1 Å². The lowest BCUT2D eigenvalue weighted by Gasteiger charge is -2.32. The molecular formula is C21H17ClF3N5O2. The molecule has 0 spiro atoms. The number of carbonyl (C=O) groups is 1. The average molecular weight is 464 g/mol. The van der Waals surface area contributed by atoms with Crippen LogP contribution >= 0.6 is 11.6 Å². The Bertz CT molecular complexity index is 1110. The standard InChI is InChI=1S/C21H17ClF3N5O2/c22-16-10-13(21(23,24)25)11-29-19(16)32-14-4-2-9-30(12-14)20(31)17-15(5-1-6-26-17)18-27-7-3-8-28-18/h1,3,5-8,10-11,14H,2,4,9,12H2/t14-/m1/s1. The van der Waals surface area contributed by atoms with Crippen LogP contribution in [-0.4, -0.2) is 49.9 Å². The molecule has 1 aliphatic heterocycles. The molecule has 7 nitrogen and oxygen atoms in total. The van der Waals surface area contributed by atoms with Gasteiger partial charge < -0.3 is 9.64 Å². The van der Waals surface area contributed by atoms with Crippen molar-refractivity contribution >= 4 is 17.5 Å². The van der Waals surface area contributed by atoms with E-state index in [-0.39, 0.29) is 29.0 Å². The van der Waals surface area contributed by atoms with Crippen LogP contribution < -0.4 is 4.74 Å². The molecule has 1 atom stereocenters. The van der Waals surface area contributed by atoms with E-state index in [1.165, 1.54) is 6.20 Å². The smallest absolute Gasteiger partial charge is 0.417 e. The number of hydrogen-bond acceptors (Lipinski definition) is 6. The Balaban J connectivity index is 1.50. The van der Waals surface area contributed by atoms with Crippen molar-refractivity contribution in [2.24, 2.45) is 0 Å². The summed E-state index contributed by atoms with van der Waals surface area (Å²) in [4.78, 5) is 31.1. The summed E-state index contributed by atoms with van der Waals surface area (Å²) in [7, 11) is 0. The molecule has 166 valence electrons. The molecule has 0 saturated carbocycles. The van der Waals surface area contributed by atoms with Crippen LogP contribution in [0, 0.1) is 0 Å². The molecule has 1 fully saturated rings. The van der Waals surface area contributed by atoms with Crippen LogP contribution in [0.2, 0.25) is 5.02 Å². The molecule has 4 heterocycles.